The number of rotatable bonds is 6. The van der Waals surface area contributed by atoms with E-state index in [0.717, 1.165) is 18.4 Å². The lowest BCUT2D eigenvalue weighted by atomic mass is 9.49. The summed E-state index contributed by atoms with van der Waals surface area (Å²) in [6.07, 6.45) is -7.72. The number of hydrogen-bond donors (Lipinski definition) is 6. The van der Waals surface area contributed by atoms with Crippen molar-refractivity contribution in [2.45, 2.75) is 82.0 Å². The van der Waals surface area contributed by atoms with E-state index in [0.29, 0.717) is 11.8 Å². The first-order valence-corrected chi connectivity index (χ1v) is 10.9. The van der Waals surface area contributed by atoms with Crippen LogP contribution in [0.5, 0.6) is 0 Å². The lowest BCUT2D eigenvalue weighted by Gasteiger charge is -2.56. The van der Waals surface area contributed by atoms with Crippen molar-refractivity contribution < 1.29 is 49.6 Å². The Bertz CT molecular complexity index is 669. The zero-order chi connectivity index (χ0) is 22.5. The molecule has 2 bridgehead atoms. The summed E-state index contributed by atoms with van der Waals surface area (Å²) in [5.74, 6) is 1.11. The summed E-state index contributed by atoms with van der Waals surface area (Å²) in [4.78, 5) is 0. The molecule has 6 N–H and O–H groups in total. The van der Waals surface area contributed by atoms with Crippen LogP contribution in [0.2, 0.25) is 0 Å². The smallest absolute Gasteiger partial charge is 0.187 e. The molecule has 0 aromatic heterocycles. The predicted molar refractivity (Wildman–Crippen MR) is 104 cm³/mol. The molecule has 0 aromatic carbocycles. The van der Waals surface area contributed by atoms with E-state index in [4.69, 9.17) is 18.9 Å². The molecule has 10 nitrogen and oxygen atoms in total. The summed E-state index contributed by atoms with van der Waals surface area (Å²) in [6.45, 7) is 4.23. The van der Waals surface area contributed by atoms with Crippen LogP contribution in [-0.2, 0) is 18.9 Å². The normalized spacial score (nSPS) is 49.3. The summed E-state index contributed by atoms with van der Waals surface area (Å²) >= 11 is 0. The second kappa shape index (κ2) is 8.94. The average molecular weight is 446 g/mol. The van der Waals surface area contributed by atoms with Crippen molar-refractivity contribution in [3.63, 3.8) is 0 Å². The van der Waals surface area contributed by atoms with Crippen LogP contribution in [-0.4, -0.2) is 106 Å². The van der Waals surface area contributed by atoms with Gasteiger partial charge >= 0.3 is 0 Å². The monoisotopic (exact) mass is 446 g/mol. The molecule has 0 radical (unpaired) electrons. The zero-order valence-corrected chi connectivity index (χ0v) is 17.8. The van der Waals surface area contributed by atoms with Crippen LogP contribution in [0.25, 0.3) is 0 Å². The molecule has 1 saturated carbocycles. The molecule has 3 fully saturated rings. The molecule has 10 heteroatoms. The Labute approximate surface area is 181 Å². The Hall–Kier alpha value is -0.660. The van der Waals surface area contributed by atoms with E-state index >= 15 is 0 Å². The third-order valence-corrected chi connectivity index (χ3v) is 7.54. The van der Waals surface area contributed by atoms with E-state index in [1.807, 2.05) is 0 Å². The van der Waals surface area contributed by atoms with Crippen molar-refractivity contribution in [1.29, 1.82) is 0 Å². The molecular weight excluding hydrogens is 412 g/mol. The van der Waals surface area contributed by atoms with Gasteiger partial charge < -0.3 is 49.6 Å². The van der Waals surface area contributed by atoms with E-state index in [9.17, 15) is 30.6 Å². The van der Waals surface area contributed by atoms with Crippen molar-refractivity contribution in [2.24, 2.45) is 17.3 Å². The Morgan fingerprint density at radius 2 is 1.65 bits per heavy atom. The van der Waals surface area contributed by atoms with Gasteiger partial charge in [-0.1, -0.05) is 19.9 Å². The van der Waals surface area contributed by atoms with Crippen LogP contribution in [0, 0.1) is 17.3 Å². The van der Waals surface area contributed by atoms with Crippen molar-refractivity contribution in [1.82, 2.24) is 0 Å². The fourth-order valence-corrected chi connectivity index (χ4v) is 5.13. The second-order valence-electron chi connectivity index (χ2n) is 9.73. The summed E-state index contributed by atoms with van der Waals surface area (Å²) in [7, 11) is 0. The van der Waals surface area contributed by atoms with Crippen molar-refractivity contribution in [3.8, 4) is 0 Å². The summed E-state index contributed by atoms with van der Waals surface area (Å²) in [5, 5.41) is 60.0. The average Bonchev–Trinajstić information content (AvgIpc) is 2.75. The molecular formula is C21H34O10. The quantitative estimate of drug-likeness (QED) is 0.259. The van der Waals surface area contributed by atoms with Gasteiger partial charge in [-0.2, -0.15) is 0 Å². The van der Waals surface area contributed by atoms with E-state index in [2.05, 4.69) is 19.9 Å². The number of aliphatic hydroxyl groups excluding tert-OH is 6. The van der Waals surface area contributed by atoms with Crippen LogP contribution < -0.4 is 0 Å². The maximum atomic E-state index is 10.3. The SMILES string of the molecule is CC1(C)[C@H]2CC=C(CO[C@@H]3OC(CO[C@@H]4OC[C@H](O)[C@H](O)[C@H]4O)[C@@H](O)[C@H](O)[C@H]3O)[C@@H]1C2. The van der Waals surface area contributed by atoms with E-state index in [-0.39, 0.29) is 25.2 Å². The minimum absolute atomic E-state index is 0.225. The van der Waals surface area contributed by atoms with E-state index < -0.39 is 55.3 Å². The Kier molecular flexibility index (Phi) is 6.78. The summed E-state index contributed by atoms with van der Waals surface area (Å²) < 4.78 is 22.0. The Morgan fingerprint density at radius 1 is 0.935 bits per heavy atom. The van der Waals surface area contributed by atoms with Gasteiger partial charge in [0.2, 0.25) is 0 Å². The largest absolute Gasteiger partial charge is 0.388 e. The van der Waals surface area contributed by atoms with Gasteiger partial charge in [-0.15, -0.1) is 0 Å². The summed E-state index contributed by atoms with van der Waals surface area (Å²) in [6, 6.07) is 0. The van der Waals surface area contributed by atoms with Crippen molar-refractivity contribution >= 4 is 0 Å². The molecule has 5 rings (SSSR count). The molecule has 0 aromatic rings. The van der Waals surface area contributed by atoms with Crippen LogP contribution >= 0.6 is 0 Å². The number of aliphatic hydroxyl groups is 6. The molecule has 1 unspecified atom stereocenters. The lowest BCUT2D eigenvalue weighted by molar-refractivity contribution is -0.320. The predicted octanol–water partition coefficient (Wildman–Crippen LogP) is -1.74. The van der Waals surface area contributed by atoms with Crippen LogP contribution in [0.1, 0.15) is 26.7 Å². The number of hydrogen-bond acceptors (Lipinski definition) is 10. The first-order valence-electron chi connectivity index (χ1n) is 10.9. The van der Waals surface area contributed by atoms with E-state index in [1.165, 1.54) is 0 Å². The molecule has 11 atom stereocenters. The highest BCUT2D eigenvalue weighted by molar-refractivity contribution is 5.23. The highest BCUT2D eigenvalue weighted by atomic mass is 16.7. The van der Waals surface area contributed by atoms with Crippen molar-refractivity contribution in [3.05, 3.63) is 11.6 Å². The van der Waals surface area contributed by atoms with Crippen molar-refractivity contribution in [2.75, 3.05) is 19.8 Å². The Morgan fingerprint density at radius 3 is 2.32 bits per heavy atom. The van der Waals surface area contributed by atoms with Gasteiger partial charge in [-0.25, -0.2) is 0 Å². The minimum Gasteiger partial charge on any atom is -0.388 e. The highest BCUT2D eigenvalue weighted by Crippen LogP contribution is 2.59. The molecule has 178 valence electrons. The van der Waals surface area contributed by atoms with Gasteiger partial charge in [-0.05, 0) is 35.7 Å². The van der Waals surface area contributed by atoms with Gasteiger partial charge in [0.1, 0.15) is 42.7 Å². The molecule has 2 saturated heterocycles. The van der Waals surface area contributed by atoms with E-state index in [1.54, 1.807) is 0 Å². The van der Waals surface area contributed by atoms with Crippen LogP contribution in [0.3, 0.4) is 0 Å². The van der Waals surface area contributed by atoms with Gasteiger partial charge in [0, 0.05) is 0 Å². The molecule has 31 heavy (non-hydrogen) atoms. The zero-order valence-electron chi connectivity index (χ0n) is 17.8. The van der Waals surface area contributed by atoms with Gasteiger partial charge in [0.15, 0.2) is 12.6 Å². The second-order valence-corrected chi connectivity index (χ2v) is 9.73. The Balaban J connectivity index is 1.33. The molecule has 2 heterocycles. The number of allylic oxidation sites excluding steroid dienone is 1. The molecule has 0 amide bonds. The fourth-order valence-electron chi connectivity index (χ4n) is 5.13. The molecule has 5 aliphatic rings. The third-order valence-electron chi connectivity index (χ3n) is 7.54. The standard InChI is InChI=1S/C21H34O10/c1-21(2)10-4-3-9(11(21)5-10)6-28-20-18(27)16(25)15(24)13(31-20)8-30-19-17(26)14(23)12(22)7-29-19/h3,10-20,22-27H,4-8H2,1-2H3/t10-,11-,12-,13?,14-,15+,16-,17+,18+,19-,20+/m0/s1. The molecule has 3 aliphatic carbocycles. The fraction of sp³-hybridized carbons (Fsp3) is 0.905. The molecule has 2 aliphatic heterocycles. The van der Waals surface area contributed by atoms with Crippen LogP contribution in [0.4, 0.5) is 0 Å². The van der Waals surface area contributed by atoms with Gasteiger partial charge in [0.25, 0.3) is 0 Å². The highest BCUT2D eigenvalue weighted by Gasteiger charge is 2.52. The third kappa shape index (κ3) is 4.31. The number of fused-ring (bicyclic) bond motifs is 1. The number of ether oxygens (including phenoxy) is 4. The topological polar surface area (TPSA) is 158 Å². The lowest BCUT2D eigenvalue weighted by Crippen LogP contribution is -2.60. The van der Waals surface area contributed by atoms with Crippen LogP contribution in [0.15, 0.2) is 11.6 Å². The van der Waals surface area contributed by atoms with Gasteiger partial charge in [-0.3, -0.25) is 0 Å². The van der Waals surface area contributed by atoms with Gasteiger partial charge in [0.05, 0.1) is 19.8 Å². The first-order chi connectivity index (χ1) is 14.6. The maximum absolute atomic E-state index is 10.3. The summed E-state index contributed by atoms with van der Waals surface area (Å²) in [5.41, 5.74) is 1.38. The maximum Gasteiger partial charge on any atom is 0.187 e. The first kappa shape index (κ1) is 23.5. The molecule has 0 spiro atoms. The minimum atomic E-state index is -1.51.